The number of ether oxygens (including phenoxy) is 6. The number of hydrogen-bond acceptors (Lipinski definition) is 14. The number of primary amides is 1. The average molecular weight is 939 g/mol. The highest BCUT2D eigenvalue weighted by atomic mass is 35.5. The van der Waals surface area contributed by atoms with Crippen LogP contribution in [0, 0.1) is 48.3 Å². The number of likely N-dealkylation sites (tertiary alicyclic amines) is 1. The van der Waals surface area contributed by atoms with Gasteiger partial charge in [0.05, 0.1) is 34.4 Å². The topological polar surface area (TPSA) is 243 Å². The van der Waals surface area contributed by atoms with Crippen LogP contribution in [-0.2, 0) is 47.6 Å². The van der Waals surface area contributed by atoms with Crippen LogP contribution in [0.3, 0.4) is 0 Å². The molecule has 64 heavy (non-hydrogen) atoms. The summed E-state index contributed by atoms with van der Waals surface area (Å²) in [6, 6.07) is -1.14. The fraction of sp³-hybridized carbons (Fsp3) is 0.689. The number of fused-ring (bicyclic) bond motifs is 1. The Morgan fingerprint density at radius 3 is 2.28 bits per heavy atom. The average Bonchev–Trinajstić information content (AvgIpc) is 3.63. The zero-order valence-corrected chi connectivity index (χ0v) is 39.1. The molecule has 3 aliphatic heterocycles. The Hall–Kier alpha value is -3.68. The summed E-state index contributed by atoms with van der Waals surface area (Å²) in [5, 5.41) is 23.7. The van der Waals surface area contributed by atoms with E-state index in [1.807, 2.05) is 19.1 Å². The van der Waals surface area contributed by atoms with Crippen LogP contribution in [-0.4, -0.2) is 129 Å². The molecule has 0 spiro atoms. The zero-order chi connectivity index (χ0) is 47.4. The molecule has 1 aromatic rings. The van der Waals surface area contributed by atoms with E-state index in [1.54, 1.807) is 34.6 Å². The number of nitrogens with one attached hydrogen (secondary N) is 1. The van der Waals surface area contributed by atoms with Crippen LogP contribution in [0.15, 0.2) is 24.3 Å². The van der Waals surface area contributed by atoms with Gasteiger partial charge in [0.25, 0.3) is 0 Å². The highest BCUT2D eigenvalue weighted by molar-refractivity contribution is 6.44. The SMILES string of the molecule is C=C1CCC(OC2CC(O)(C(C)CC(=O)c3[nH]c(C)c(Cl)c3Cl)C(O)C(C)O2)C2C=CC(C)C(C(=O)C3C(=O)C(C(C)C)N(C4OC(C)C(OC(N)=O)C(OC(C)=O)C4OC)C3=O)C12. The van der Waals surface area contributed by atoms with Gasteiger partial charge in [0, 0.05) is 44.4 Å². The summed E-state index contributed by atoms with van der Waals surface area (Å²) in [6.07, 6.45) is -6.78. The van der Waals surface area contributed by atoms with Crippen molar-refractivity contribution in [1.82, 2.24) is 9.88 Å². The maximum Gasteiger partial charge on any atom is 0.405 e. The van der Waals surface area contributed by atoms with Gasteiger partial charge in [0.1, 0.15) is 23.5 Å². The molecule has 0 bridgehead atoms. The first-order chi connectivity index (χ1) is 29.9. The van der Waals surface area contributed by atoms with E-state index in [9.17, 15) is 34.2 Å². The van der Waals surface area contributed by atoms with Gasteiger partial charge < -0.3 is 54.3 Å². The molecular weight excluding hydrogens is 877 g/mol. The van der Waals surface area contributed by atoms with Crippen molar-refractivity contribution in [3.63, 3.8) is 0 Å². The number of rotatable bonds is 13. The van der Waals surface area contributed by atoms with Gasteiger partial charge in [-0.05, 0) is 57.3 Å². The number of allylic oxidation sites excluding steroid dienone is 2. The molecule has 1 saturated carbocycles. The van der Waals surface area contributed by atoms with Crippen molar-refractivity contribution in [2.75, 3.05) is 7.11 Å². The number of methoxy groups -OCH3 is 1. The zero-order valence-electron chi connectivity index (χ0n) is 37.6. The normalized spacial score (nSPS) is 38.2. The van der Waals surface area contributed by atoms with E-state index in [0.717, 1.165) is 12.5 Å². The largest absolute Gasteiger partial charge is 0.455 e. The summed E-state index contributed by atoms with van der Waals surface area (Å²) in [5.41, 5.74) is 4.90. The lowest BCUT2D eigenvalue weighted by molar-refractivity contribution is -0.301. The van der Waals surface area contributed by atoms with Gasteiger partial charge in [-0.3, -0.25) is 24.0 Å². The Balaban J connectivity index is 1.24. The Morgan fingerprint density at radius 2 is 1.70 bits per heavy atom. The number of halogens is 2. The molecule has 5 aliphatic rings. The van der Waals surface area contributed by atoms with Crippen LogP contribution in [0.2, 0.25) is 10.0 Å². The van der Waals surface area contributed by atoms with Crippen molar-refractivity contribution in [2.24, 2.45) is 47.2 Å². The van der Waals surface area contributed by atoms with E-state index in [0.29, 0.717) is 18.5 Å². The van der Waals surface area contributed by atoms with Gasteiger partial charge in [0.15, 0.2) is 48.0 Å². The lowest BCUT2D eigenvalue weighted by Gasteiger charge is -2.50. The van der Waals surface area contributed by atoms with Crippen molar-refractivity contribution in [2.45, 2.75) is 148 Å². The van der Waals surface area contributed by atoms with Crippen LogP contribution in [0.4, 0.5) is 4.79 Å². The van der Waals surface area contributed by atoms with Crippen LogP contribution in [0.1, 0.15) is 90.3 Å². The second-order valence-corrected chi connectivity index (χ2v) is 19.3. The van der Waals surface area contributed by atoms with Crippen LogP contribution < -0.4 is 5.73 Å². The van der Waals surface area contributed by atoms with Gasteiger partial charge in [-0.2, -0.15) is 0 Å². The summed E-state index contributed by atoms with van der Waals surface area (Å²) in [4.78, 5) is 86.0. The number of nitrogens with zero attached hydrogens (tertiary/aromatic N) is 1. The highest BCUT2D eigenvalue weighted by Gasteiger charge is 2.62. The Kier molecular flexibility index (Phi) is 15.0. The number of aromatic amines is 1. The second kappa shape index (κ2) is 19.3. The van der Waals surface area contributed by atoms with E-state index in [2.05, 4.69) is 11.6 Å². The summed E-state index contributed by atoms with van der Waals surface area (Å²) in [6.45, 7) is 17.3. The maximum absolute atomic E-state index is 15.1. The molecular formula is C45H61Cl2N3O14. The van der Waals surface area contributed by atoms with Gasteiger partial charge in [-0.15, -0.1) is 0 Å². The lowest BCUT2D eigenvalue weighted by Crippen LogP contribution is -2.66. The van der Waals surface area contributed by atoms with E-state index in [-0.39, 0.29) is 28.6 Å². The Morgan fingerprint density at radius 1 is 1.03 bits per heavy atom. The standard InChI is InChI=1S/C45H61Cl2N3O14/c1-17(2)35-37(54)31(42(56)50(35)43-40(59-10)39(62-24(9)51)38(22(7)61-43)64-44(48)57)36(53)30-19(4)11-13-25-27(14-12-18(3)29(25)30)63-28-16-45(58,41(55)23(8)60-28)20(5)15-26(52)34-33(47)32(46)21(6)49-34/h11,13,17,19-20,22-23,25,27-31,35,38-41,43,49,55,58H,3,12,14-16H2,1-2,4-10H3,(H2,48,57). The number of Topliss-reactive ketones (excluding diaryl/α,β-unsaturated/α-hetero) is 3. The number of hydrogen-bond donors (Lipinski definition) is 4. The van der Waals surface area contributed by atoms with Crippen molar-refractivity contribution >= 4 is 58.5 Å². The second-order valence-electron chi connectivity index (χ2n) is 18.5. The minimum atomic E-state index is -1.82. The molecule has 17 nitrogen and oxygen atoms in total. The fourth-order valence-corrected chi connectivity index (χ4v) is 11.1. The van der Waals surface area contributed by atoms with E-state index >= 15 is 4.79 Å². The molecule has 2 amide bonds. The molecule has 5 N–H and O–H groups in total. The molecule has 1 aromatic heterocycles. The molecule has 0 aromatic carbocycles. The third kappa shape index (κ3) is 9.07. The minimum Gasteiger partial charge on any atom is -0.455 e. The fourth-order valence-electron chi connectivity index (χ4n) is 10.7. The molecule has 4 fully saturated rings. The number of nitrogens with two attached hydrogens (primary N) is 1. The lowest BCUT2D eigenvalue weighted by atomic mass is 9.60. The monoisotopic (exact) mass is 937 g/mol. The van der Waals surface area contributed by atoms with Gasteiger partial charge >= 0.3 is 12.1 Å². The number of ketones is 3. The van der Waals surface area contributed by atoms with Gasteiger partial charge in [-0.25, -0.2) is 4.79 Å². The predicted octanol–water partition coefficient (Wildman–Crippen LogP) is 4.63. The number of aliphatic hydroxyl groups is 2. The van der Waals surface area contributed by atoms with E-state index in [4.69, 9.17) is 57.4 Å². The number of H-pyrrole nitrogens is 1. The Labute approximate surface area is 382 Å². The molecule has 4 heterocycles. The summed E-state index contributed by atoms with van der Waals surface area (Å²) in [5.74, 6) is -8.45. The van der Waals surface area contributed by atoms with E-state index < -0.39 is 144 Å². The highest BCUT2D eigenvalue weighted by Crippen LogP contribution is 2.50. The Bertz CT molecular complexity index is 2060. The van der Waals surface area contributed by atoms with Gasteiger partial charge in [0.2, 0.25) is 5.91 Å². The first kappa shape index (κ1) is 49.7. The summed E-state index contributed by atoms with van der Waals surface area (Å²) < 4.78 is 35.6. The smallest absolute Gasteiger partial charge is 0.405 e. The molecule has 6 rings (SSSR count). The van der Waals surface area contributed by atoms with Crippen LogP contribution >= 0.6 is 23.2 Å². The number of aromatic nitrogens is 1. The maximum atomic E-state index is 15.1. The molecule has 17 atom stereocenters. The van der Waals surface area contributed by atoms with Gasteiger partial charge in [-0.1, -0.05) is 75.2 Å². The summed E-state index contributed by atoms with van der Waals surface area (Å²) >= 11 is 12.5. The summed E-state index contributed by atoms with van der Waals surface area (Å²) in [7, 11) is 1.29. The number of amides is 2. The first-order valence-corrected chi connectivity index (χ1v) is 22.6. The molecule has 2 aliphatic carbocycles. The molecule has 19 heteroatoms. The molecule has 3 saturated heterocycles. The molecule has 17 unspecified atom stereocenters. The predicted molar refractivity (Wildman–Crippen MR) is 230 cm³/mol. The number of aryl methyl sites for hydroxylation is 1. The third-order valence-electron chi connectivity index (χ3n) is 13.9. The van der Waals surface area contributed by atoms with Crippen molar-refractivity contribution in [3.05, 3.63) is 45.7 Å². The number of carbonyl (C=O) groups is 6. The third-order valence-corrected chi connectivity index (χ3v) is 14.9. The van der Waals surface area contributed by atoms with E-state index in [1.165, 1.54) is 18.9 Å². The number of aliphatic hydroxyl groups excluding tert-OH is 1. The van der Waals surface area contributed by atoms with Crippen molar-refractivity contribution in [1.29, 1.82) is 0 Å². The quantitative estimate of drug-likeness (QED) is 0.0913. The van der Waals surface area contributed by atoms with Crippen LogP contribution in [0.25, 0.3) is 0 Å². The minimum absolute atomic E-state index is 0.0817. The van der Waals surface area contributed by atoms with Crippen molar-refractivity contribution in [3.8, 4) is 0 Å². The number of esters is 1. The van der Waals surface area contributed by atoms with Crippen LogP contribution in [0.5, 0.6) is 0 Å². The molecule has 0 radical (unpaired) electrons. The first-order valence-electron chi connectivity index (χ1n) is 21.8. The van der Waals surface area contributed by atoms with Crippen molar-refractivity contribution < 1.29 is 67.4 Å². The number of carbonyl (C=O) groups excluding carboxylic acids is 6. The molecule has 354 valence electrons.